The van der Waals surface area contributed by atoms with Gasteiger partial charge in [-0.15, -0.1) is 0 Å². The standard InChI is InChI=1S/C16H11F5N2O4S/c1-28(25,26)11-4-2-9(3-5-11)8-23-12-6-10(15(17,18)19)7-22-13(12)27-16(20,21)14(23)24/h2-7H,8H2,1H3. The van der Waals surface area contributed by atoms with Crippen molar-refractivity contribution in [1.82, 2.24) is 4.98 Å². The fraction of sp³-hybridized carbons (Fsp3) is 0.250. The first-order valence-electron chi connectivity index (χ1n) is 7.54. The number of benzene rings is 1. The zero-order valence-corrected chi connectivity index (χ0v) is 14.8. The number of fused-ring (bicyclic) bond motifs is 1. The van der Waals surface area contributed by atoms with Gasteiger partial charge in [0.2, 0.25) is 5.88 Å². The first kappa shape index (κ1) is 20.0. The molecule has 1 amide bonds. The van der Waals surface area contributed by atoms with Gasteiger partial charge in [0.25, 0.3) is 0 Å². The Morgan fingerprint density at radius 1 is 1.18 bits per heavy atom. The summed E-state index contributed by atoms with van der Waals surface area (Å²) in [6.07, 6.45) is -7.83. The van der Waals surface area contributed by atoms with Crippen LogP contribution in [0.5, 0.6) is 5.88 Å². The fourth-order valence-corrected chi connectivity index (χ4v) is 3.11. The molecular weight excluding hydrogens is 411 g/mol. The van der Waals surface area contributed by atoms with E-state index in [2.05, 4.69) is 9.72 Å². The lowest BCUT2D eigenvalue weighted by Gasteiger charge is -2.33. The van der Waals surface area contributed by atoms with E-state index in [9.17, 15) is 35.2 Å². The second-order valence-electron chi connectivity index (χ2n) is 5.97. The summed E-state index contributed by atoms with van der Waals surface area (Å²) in [5.41, 5.74) is -1.61. The van der Waals surface area contributed by atoms with E-state index in [1.165, 1.54) is 24.3 Å². The lowest BCUT2D eigenvalue weighted by atomic mass is 10.1. The van der Waals surface area contributed by atoms with Crippen molar-refractivity contribution < 1.29 is 39.9 Å². The third-order valence-corrected chi connectivity index (χ3v) is 4.99. The first-order valence-corrected chi connectivity index (χ1v) is 9.43. The molecule has 0 saturated carbocycles. The summed E-state index contributed by atoms with van der Waals surface area (Å²) in [6, 6.07) is 5.40. The number of aromatic nitrogens is 1. The summed E-state index contributed by atoms with van der Waals surface area (Å²) in [7, 11) is -3.51. The summed E-state index contributed by atoms with van der Waals surface area (Å²) in [5.74, 6) is -2.70. The molecule has 6 nitrogen and oxygen atoms in total. The Bertz CT molecular complexity index is 1040. The molecule has 1 aromatic heterocycles. The number of halogens is 5. The molecule has 1 aliphatic rings. The fourth-order valence-electron chi connectivity index (χ4n) is 2.48. The Balaban J connectivity index is 2.03. The predicted octanol–water partition coefficient (Wildman–Crippen LogP) is 3.02. The van der Waals surface area contributed by atoms with Gasteiger partial charge >= 0.3 is 18.2 Å². The maximum absolute atomic E-state index is 13.8. The minimum absolute atomic E-state index is 0.0451. The number of carbonyl (C=O) groups is 1. The summed E-state index contributed by atoms with van der Waals surface area (Å²) in [6.45, 7) is -0.544. The van der Waals surface area contributed by atoms with Crippen molar-refractivity contribution in [2.45, 2.75) is 23.7 Å². The largest absolute Gasteiger partial charge is 0.484 e. The third kappa shape index (κ3) is 3.77. The van der Waals surface area contributed by atoms with Crippen molar-refractivity contribution in [3.8, 4) is 5.88 Å². The van der Waals surface area contributed by atoms with E-state index >= 15 is 0 Å². The lowest BCUT2D eigenvalue weighted by Crippen LogP contribution is -2.50. The van der Waals surface area contributed by atoms with Crippen molar-refractivity contribution in [3.63, 3.8) is 0 Å². The quantitative estimate of drug-likeness (QED) is 0.711. The van der Waals surface area contributed by atoms with Crippen LogP contribution in [0.4, 0.5) is 27.6 Å². The molecule has 0 atom stereocenters. The number of anilines is 1. The van der Waals surface area contributed by atoms with Crippen LogP contribution < -0.4 is 9.64 Å². The van der Waals surface area contributed by atoms with Crippen LogP contribution in [0.3, 0.4) is 0 Å². The Morgan fingerprint density at radius 2 is 1.79 bits per heavy atom. The molecule has 0 N–H and O–H groups in total. The van der Waals surface area contributed by atoms with Crippen LogP contribution in [0.2, 0.25) is 0 Å². The van der Waals surface area contributed by atoms with E-state index < -0.39 is 51.7 Å². The Hall–Kier alpha value is -2.76. The van der Waals surface area contributed by atoms with Crippen LogP contribution >= 0.6 is 0 Å². The second-order valence-corrected chi connectivity index (χ2v) is 7.99. The number of amides is 1. The maximum atomic E-state index is 13.8. The zero-order valence-electron chi connectivity index (χ0n) is 14.0. The predicted molar refractivity (Wildman–Crippen MR) is 85.6 cm³/mol. The van der Waals surface area contributed by atoms with Gasteiger partial charge in [-0.25, -0.2) is 13.4 Å². The van der Waals surface area contributed by atoms with Crippen LogP contribution in [-0.2, 0) is 27.4 Å². The zero-order chi connectivity index (χ0) is 20.9. The molecule has 1 aliphatic heterocycles. The Kier molecular flexibility index (Phi) is 4.57. The van der Waals surface area contributed by atoms with Crippen LogP contribution in [-0.4, -0.2) is 31.7 Å². The SMILES string of the molecule is CS(=O)(=O)c1ccc(CN2C(=O)C(F)(F)Oc3ncc(C(F)(F)F)cc32)cc1. The van der Waals surface area contributed by atoms with Crippen LogP contribution in [0, 0.1) is 0 Å². The van der Waals surface area contributed by atoms with Gasteiger partial charge in [-0.05, 0) is 23.8 Å². The number of pyridine rings is 1. The van der Waals surface area contributed by atoms with E-state index in [4.69, 9.17) is 0 Å². The van der Waals surface area contributed by atoms with E-state index in [1.54, 1.807) is 0 Å². The topological polar surface area (TPSA) is 76.6 Å². The van der Waals surface area contributed by atoms with Gasteiger partial charge in [0.05, 0.1) is 17.0 Å². The third-order valence-electron chi connectivity index (χ3n) is 3.86. The highest BCUT2D eigenvalue weighted by Crippen LogP contribution is 2.41. The molecule has 3 rings (SSSR count). The van der Waals surface area contributed by atoms with E-state index in [-0.39, 0.29) is 10.5 Å². The van der Waals surface area contributed by atoms with Crippen LogP contribution in [0.15, 0.2) is 41.4 Å². The van der Waals surface area contributed by atoms with Gasteiger partial charge in [-0.2, -0.15) is 22.0 Å². The molecule has 0 unspecified atom stereocenters. The number of hydrogen-bond acceptors (Lipinski definition) is 5. The molecular formula is C16H11F5N2O4S. The number of hydrogen-bond donors (Lipinski definition) is 0. The molecule has 0 bridgehead atoms. The van der Waals surface area contributed by atoms with Gasteiger partial charge in [0, 0.05) is 12.5 Å². The monoisotopic (exact) mass is 422 g/mol. The van der Waals surface area contributed by atoms with Gasteiger partial charge in [0.1, 0.15) is 5.69 Å². The van der Waals surface area contributed by atoms with Gasteiger partial charge in [-0.1, -0.05) is 12.1 Å². The minimum Gasteiger partial charge on any atom is -0.405 e. The Labute approximate surface area is 155 Å². The molecule has 1 aromatic carbocycles. The van der Waals surface area contributed by atoms with E-state index in [1.807, 2.05) is 0 Å². The number of carbonyl (C=O) groups excluding carboxylic acids is 1. The summed E-state index contributed by atoms with van der Waals surface area (Å²) in [5, 5.41) is 0. The molecule has 12 heteroatoms. The number of sulfone groups is 1. The number of ether oxygens (including phenoxy) is 1. The summed E-state index contributed by atoms with van der Waals surface area (Å²) in [4.78, 5) is 15.7. The summed E-state index contributed by atoms with van der Waals surface area (Å²) >= 11 is 0. The smallest absolute Gasteiger partial charge is 0.405 e. The van der Waals surface area contributed by atoms with Crippen LogP contribution in [0.1, 0.15) is 11.1 Å². The molecule has 0 fully saturated rings. The van der Waals surface area contributed by atoms with Crippen molar-refractivity contribution in [2.24, 2.45) is 0 Å². The van der Waals surface area contributed by atoms with E-state index in [0.717, 1.165) is 6.26 Å². The molecule has 28 heavy (non-hydrogen) atoms. The molecule has 0 saturated heterocycles. The molecule has 0 spiro atoms. The van der Waals surface area contributed by atoms with Crippen molar-refractivity contribution in [3.05, 3.63) is 47.7 Å². The van der Waals surface area contributed by atoms with Gasteiger partial charge < -0.3 is 4.74 Å². The number of nitrogens with zero attached hydrogens (tertiary/aromatic N) is 2. The number of alkyl halides is 5. The average Bonchev–Trinajstić information content (AvgIpc) is 2.57. The van der Waals surface area contributed by atoms with Crippen LogP contribution in [0.25, 0.3) is 0 Å². The Morgan fingerprint density at radius 3 is 2.32 bits per heavy atom. The molecule has 2 heterocycles. The first-order chi connectivity index (χ1) is 12.8. The van der Waals surface area contributed by atoms with Crippen molar-refractivity contribution in [1.29, 1.82) is 0 Å². The van der Waals surface area contributed by atoms with Gasteiger partial charge in [-0.3, -0.25) is 9.69 Å². The summed E-state index contributed by atoms with van der Waals surface area (Å²) < 4.78 is 93.5. The highest BCUT2D eigenvalue weighted by Gasteiger charge is 2.51. The molecule has 2 aromatic rings. The van der Waals surface area contributed by atoms with Crippen molar-refractivity contribution in [2.75, 3.05) is 11.2 Å². The highest BCUT2D eigenvalue weighted by atomic mass is 32.2. The lowest BCUT2D eigenvalue weighted by molar-refractivity contribution is -0.194. The highest BCUT2D eigenvalue weighted by molar-refractivity contribution is 7.90. The normalized spacial score (nSPS) is 16.5. The molecule has 150 valence electrons. The minimum atomic E-state index is -4.81. The van der Waals surface area contributed by atoms with Crippen molar-refractivity contribution >= 4 is 21.4 Å². The second kappa shape index (κ2) is 6.40. The molecule has 0 aliphatic carbocycles. The van der Waals surface area contributed by atoms with E-state index in [0.29, 0.717) is 17.2 Å². The number of rotatable bonds is 3. The van der Waals surface area contributed by atoms with Gasteiger partial charge in [0.15, 0.2) is 9.84 Å². The maximum Gasteiger partial charge on any atom is 0.484 e. The average molecular weight is 422 g/mol. The molecule has 0 radical (unpaired) electrons.